The third kappa shape index (κ3) is 3.16. The molecule has 0 N–H and O–H groups in total. The minimum atomic E-state index is -5.12. The van der Waals surface area contributed by atoms with E-state index in [4.69, 9.17) is 11.6 Å². The fourth-order valence-corrected chi connectivity index (χ4v) is 1.21. The summed E-state index contributed by atoms with van der Waals surface area (Å²) in [7, 11) is 0. The summed E-state index contributed by atoms with van der Waals surface area (Å²) in [5.74, 6) is -4.48. The molecule has 0 bridgehead atoms. The predicted molar refractivity (Wildman–Crippen MR) is 47.1 cm³/mol. The van der Waals surface area contributed by atoms with Crippen molar-refractivity contribution in [1.82, 2.24) is 4.98 Å². The molecule has 0 fully saturated rings. The maximum Gasteiger partial charge on any atom is 0.573 e. The summed E-state index contributed by atoms with van der Waals surface area (Å²) in [5, 5.41) is 10.4. The zero-order chi connectivity index (χ0) is 13.2. The lowest BCUT2D eigenvalue weighted by atomic mass is 10.2. The Kier molecular flexibility index (Phi) is 3.71. The Bertz CT molecular complexity index is 451. The van der Waals surface area contributed by atoms with Crippen LogP contribution < -0.4 is 4.74 Å². The first kappa shape index (κ1) is 13.4. The van der Waals surface area contributed by atoms with Crippen LogP contribution in [-0.2, 0) is 5.88 Å². The summed E-state index contributed by atoms with van der Waals surface area (Å²) in [5.41, 5.74) is -0.765. The molecule has 0 aromatic carbocycles. The van der Waals surface area contributed by atoms with Gasteiger partial charge in [0.2, 0.25) is 5.75 Å². The Morgan fingerprint density at radius 3 is 2.53 bits per heavy atom. The second-order valence-electron chi connectivity index (χ2n) is 2.68. The third-order valence-electron chi connectivity index (χ3n) is 1.59. The number of alkyl halides is 4. The van der Waals surface area contributed by atoms with Gasteiger partial charge in [-0.25, -0.2) is 4.39 Å². The summed E-state index contributed by atoms with van der Waals surface area (Å²) in [4.78, 5) is 12.4. The maximum absolute atomic E-state index is 13.4. The van der Waals surface area contributed by atoms with E-state index in [9.17, 15) is 27.7 Å². The number of aromatic nitrogens is 1. The molecular weight excluding hydrogens is 272 g/mol. The Morgan fingerprint density at radius 2 is 2.12 bits per heavy atom. The molecule has 0 radical (unpaired) electrons. The smallest absolute Gasteiger partial charge is 0.399 e. The molecule has 0 unspecified atom stereocenters. The van der Waals surface area contributed by atoms with Crippen molar-refractivity contribution in [1.29, 1.82) is 0 Å². The number of pyridine rings is 1. The van der Waals surface area contributed by atoms with Crippen LogP contribution in [0.4, 0.5) is 23.4 Å². The Balaban J connectivity index is 3.25. The monoisotopic (exact) mass is 274 g/mol. The van der Waals surface area contributed by atoms with Gasteiger partial charge in [-0.2, -0.15) is 0 Å². The molecule has 94 valence electrons. The van der Waals surface area contributed by atoms with Gasteiger partial charge in [-0.3, -0.25) is 0 Å². The van der Waals surface area contributed by atoms with Crippen LogP contribution in [0.2, 0.25) is 0 Å². The highest BCUT2D eigenvalue weighted by atomic mass is 35.5. The lowest BCUT2D eigenvalue weighted by molar-refractivity contribution is -0.390. The fraction of sp³-hybridized carbons (Fsp3) is 0.286. The van der Waals surface area contributed by atoms with Crippen LogP contribution in [-0.4, -0.2) is 16.3 Å². The molecule has 0 atom stereocenters. The van der Waals surface area contributed by atoms with E-state index in [1.165, 1.54) is 0 Å². The van der Waals surface area contributed by atoms with Gasteiger partial charge in [0.25, 0.3) is 0 Å². The van der Waals surface area contributed by atoms with Crippen molar-refractivity contribution in [2.24, 2.45) is 0 Å². The van der Waals surface area contributed by atoms with Crippen molar-refractivity contribution in [3.8, 4) is 5.75 Å². The first-order valence-electron chi connectivity index (χ1n) is 3.89. The van der Waals surface area contributed by atoms with Crippen LogP contribution in [0.15, 0.2) is 6.20 Å². The summed E-state index contributed by atoms with van der Waals surface area (Å²) >= 11 is 5.20. The van der Waals surface area contributed by atoms with E-state index in [2.05, 4.69) is 9.72 Å². The highest BCUT2D eigenvalue weighted by Gasteiger charge is 2.35. The van der Waals surface area contributed by atoms with E-state index in [-0.39, 0.29) is 6.20 Å². The van der Waals surface area contributed by atoms with Gasteiger partial charge >= 0.3 is 12.2 Å². The summed E-state index contributed by atoms with van der Waals surface area (Å²) < 4.78 is 52.2. The van der Waals surface area contributed by atoms with Gasteiger partial charge in [0.1, 0.15) is 5.56 Å². The second-order valence-corrected chi connectivity index (χ2v) is 2.94. The maximum atomic E-state index is 13.4. The normalized spacial score (nSPS) is 11.4. The van der Waals surface area contributed by atoms with Crippen LogP contribution in [0.25, 0.3) is 0 Å². The van der Waals surface area contributed by atoms with E-state index >= 15 is 0 Å². The van der Waals surface area contributed by atoms with Gasteiger partial charge in [-0.05, 0) is 9.91 Å². The predicted octanol–water partition coefficient (Wildman–Crippen LogP) is 2.77. The number of nitro groups is 1. The molecule has 1 aromatic heterocycles. The first-order chi connectivity index (χ1) is 7.76. The number of ether oxygens (including phenoxy) is 1. The highest BCUT2D eigenvalue weighted by Crippen LogP contribution is 2.31. The molecule has 0 amide bonds. The molecule has 0 spiro atoms. The first-order valence-corrected chi connectivity index (χ1v) is 4.43. The number of hydrogen-bond acceptors (Lipinski definition) is 4. The van der Waals surface area contributed by atoms with Crippen molar-refractivity contribution >= 4 is 17.4 Å². The van der Waals surface area contributed by atoms with Gasteiger partial charge in [-0.15, -0.1) is 24.8 Å². The molecule has 0 aliphatic heterocycles. The van der Waals surface area contributed by atoms with Crippen molar-refractivity contribution in [3.05, 3.63) is 27.7 Å². The van der Waals surface area contributed by atoms with E-state index in [1.807, 2.05) is 0 Å². The lowest BCUT2D eigenvalue weighted by Gasteiger charge is -2.09. The van der Waals surface area contributed by atoms with Crippen LogP contribution in [0.5, 0.6) is 5.75 Å². The molecule has 0 saturated heterocycles. The van der Waals surface area contributed by atoms with Crippen molar-refractivity contribution in [3.63, 3.8) is 0 Å². The molecule has 0 saturated carbocycles. The summed E-state index contributed by atoms with van der Waals surface area (Å²) in [6.07, 6.45) is -4.85. The van der Waals surface area contributed by atoms with Gasteiger partial charge in [0.15, 0.2) is 12.0 Å². The summed E-state index contributed by atoms with van der Waals surface area (Å²) in [6, 6.07) is 0. The summed E-state index contributed by atoms with van der Waals surface area (Å²) in [6.45, 7) is 0. The Morgan fingerprint density at radius 1 is 1.53 bits per heavy atom. The van der Waals surface area contributed by atoms with Crippen LogP contribution in [0.3, 0.4) is 0 Å². The van der Waals surface area contributed by atoms with Gasteiger partial charge in [-0.1, -0.05) is 0 Å². The quantitative estimate of drug-likeness (QED) is 0.368. The molecule has 1 rings (SSSR count). The van der Waals surface area contributed by atoms with E-state index in [1.54, 1.807) is 0 Å². The minimum Gasteiger partial charge on any atom is -0.399 e. The molecule has 10 heteroatoms. The number of hydrogen-bond donors (Lipinski definition) is 0. The van der Waals surface area contributed by atoms with Gasteiger partial charge in [0, 0.05) is 0 Å². The number of halogens is 5. The van der Waals surface area contributed by atoms with Gasteiger partial charge < -0.3 is 14.9 Å². The SMILES string of the molecule is O=[N+]([O-])c1ncc(OC(F)(F)F)c(F)c1CCl. The van der Waals surface area contributed by atoms with Crippen LogP contribution in [0.1, 0.15) is 5.56 Å². The standard InChI is InChI=1S/C7H3ClF4N2O3/c8-1-3-5(9)4(17-7(10,11)12)2-13-6(3)14(15)16/h2H,1H2. The van der Waals surface area contributed by atoms with E-state index in [0.29, 0.717) is 0 Å². The minimum absolute atomic E-state index is 0.275. The third-order valence-corrected chi connectivity index (χ3v) is 1.85. The zero-order valence-corrected chi connectivity index (χ0v) is 8.55. The van der Waals surface area contributed by atoms with E-state index in [0.717, 1.165) is 0 Å². The molecule has 5 nitrogen and oxygen atoms in total. The average Bonchev–Trinajstić information content (AvgIpc) is 2.18. The average molecular weight is 275 g/mol. The highest BCUT2D eigenvalue weighted by molar-refractivity contribution is 6.17. The van der Waals surface area contributed by atoms with Gasteiger partial charge in [0.05, 0.1) is 5.88 Å². The van der Waals surface area contributed by atoms with Crippen molar-refractivity contribution in [2.45, 2.75) is 12.2 Å². The second kappa shape index (κ2) is 4.70. The molecular formula is C7H3ClF4N2O3. The molecule has 1 heterocycles. The lowest BCUT2D eigenvalue weighted by Crippen LogP contribution is -2.18. The van der Waals surface area contributed by atoms with E-state index < -0.39 is 40.1 Å². The zero-order valence-electron chi connectivity index (χ0n) is 7.79. The number of nitrogens with zero attached hydrogens (tertiary/aromatic N) is 2. The molecule has 17 heavy (non-hydrogen) atoms. The molecule has 0 aliphatic rings. The Hall–Kier alpha value is -1.64. The largest absolute Gasteiger partial charge is 0.573 e. The van der Waals surface area contributed by atoms with Crippen LogP contribution >= 0.6 is 11.6 Å². The van der Waals surface area contributed by atoms with Crippen LogP contribution in [0, 0.1) is 15.9 Å². The Labute approximate surface area is 96.1 Å². The topological polar surface area (TPSA) is 65.3 Å². The fourth-order valence-electron chi connectivity index (χ4n) is 0.973. The van der Waals surface area contributed by atoms with Crippen molar-refractivity contribution < 1.29 is 27.2 Å². The molecule has 1 aromatic rings. The molecule has 0 aliphatic carbocycles. The van der Waals surface area contributed by atoms with Crippen molar-refractivity contribution in [2.75, 3.05) is 0 Å². The number of rotatable bonds is 3.